The summed E-state index contributed by atoms with van der Waals surface area (Å²) in [6.07, 6.45) is -0.386. The number of rotatable bonds is 4. The second-order valence-corrected chi connectivity index (χ2v) is 6.82. The number of carbonyl (C=O) groups excluding carboxylic acids is 1. The van der Waals surface area contributed by atoms with E-state index < -0.39 is 5.60 Å². The molecule has 1 unspecified atom stereocenters. The first-order chi connectivity index (χ1) is 11.3. The molecule has 2 aromatic carbocycles. The van der Waals surface area contributed by atoms with Gasteiger partial charge < -0.3 is 4.74 Å². The Labute approximate surface area is 143 Å². The Morgan fingerprint density at radius 2 is 1.67 bits per heavy atom. The molecule has 3 nitrogen and oxygen atoms in total. The van der Waals surface area contributed by atoms with Crippen molar-refractivity contribution in [3.05, 3.63) is 71.5 Å². The van der Waals surface area contributed by atoms with Gasteiger partial charge in [0.1, 0.15) is 11.4 Å². The maximum absolute atomic E-state index is 13.2. The summed E-state index contributed by atoms with van der Waals surface area (Å²) in [6.45, 7) is 7.87. The zero-order valence-electron chi connectivity index (χ0n) is 14.6. The molecule has 0 fully saturated rings. The first-order valence-electron chi connectivity index (χ1n) is 8.05. The summed E-state index contributed by atoms with van der Waals surface area (Å²) < 4.78 is 18.7. The number of hydrogen-bond donors (Lipinski definition) is 0. The van der Waals surface area contributed by atoms with Gasteiger partial charge >= 0.3 is 6.09 Å². The van der Waals surface area contributed by atoms with Crippen molar-refractivity contribution in [3.63, 3.8) is 0 Å². The molecule has 2 aromatic rings. The van der Waals surface area contributed by atoms with Crippen molar-refractivity contribution in [2.75, 3.05) is 0 Å². The Kier molecular flexibility index (Phi) is 5.60. The second-order valence-electron chi connectivity index (χ2n) is 6.82. The first-order valence-corrected chi connectivity index (χ1v) is 8.05. The molecule has 0 aromatic heterocycles. The van der Waals surface area contributed by atoms with E-state index >= 15 is 0 Å². The average molecular weight is 329 g/mol. The molecule has 0 N–H and O–H groups in total. The van der Waals surface area contributed by atoms with Crippen molar-refractivity contribution in [1.29, 1.82) is 0 Å². The van der Waals surface area contributed by atoms with Crippen LogP contribution in [0.3, 0.4) is 0 Å². The molecular weight excluding hydrogens is 305 g/mol. The van der Waals surface area contributed by atoms with Gasteiger partial charge in [0, 0.05) is 6.54 Å². The number of ether oxygens (including phenoxy) is 1. The summed E-state index contributed by atoms with van der Waals surface area (Å²) in [5, 5.41) is 0. The van der Waals surface area contributed by atoms with Crippen LogP contribution in [-0.2, 0) is 11.3 Å². The van der Waals surface area contributed by atoms with Crippen LogP contribution in [0.2, 0.25) is 0 Å². The smallest absolute Gasteiger partial charge is 0.411 e. The molecule has 1 atom stereocenters. The van der Waals surface area contributed by atoms with E-state index in [2.05, 4.69) is 0 Å². The van der Waals surface area contributed by atoms with Crippen molar-refractivity contribution in [2.24, 2.45) is 0 Å². The largest absolute Gasteiger partial charge is 0.444 e. The third-order valence-electron chi connectivity index (χ3n) is 3.64. The minimum absolute atomic E-state index is 0.236. The van der Waals surface area contributed by atoms with E-state index in [4.69, 9.17) is 4.74 Å². The van der Waals surface area contributed by atoms with Crippen molar-refractivity contribution < 1.29 is 13.9 Å². The van der Waals surface area contributed by atoms with Gasteiger partial charge in [0.2, 0.25) is 0 Å². The summed E-state index contributed by atoms with van der Waals surface area (Å²) in [6, 6.07) is 15.7. The SMILES string of the molecule is CC(c1ccc(F)cc1)N(Cc1ccccc1)C(=O)OC(C)(C)C. The van der Waals surface area contributed by atoms with Crippen LogP contribution in [0.15, 0.2) is 54.6 Å². The molecular formula is C20H24FNO2. The van der Waals surface area contributed by atoms with E-state index in [0.717, 1.165) is 11.1 Å². The fourth-order valence-corrected chi connectivity index (χ4v) is 2.38. The zero-order chi connectivity index (χ0) is 17.7. The first kappa shape index (κ1) is 18.0. The van der Waals surface area contributed by atoms with E-state index in [9.17, 15) is 9.18 Å². The second kappa shape index (κ2) is 7.47. The Morgan fingerprint density at radius 1 is 1.08 bits per heavy atom. The summed E-state index contributed by atoms with van der Waals surface area (Å²) in [5.41, 5.74) is 1.30. The highest BCUT2D eigenvalue weighted by atomic mass is 19.1. The fourth-order valence-electron chi connectivity index (χ4n) is 2.38. The van der Waals surface area contributed by atoms with Crippen molar-refractivity contribution in [3.8, 4) is 0 Å². The summed E-state index contributed by atoms with van der Waals surface area (Å²) in [5.74, 6) is -0.294. The Hall–Kier alpha value is -2.36. The van der Waals surface area contributed by atoms with Gasteiger partial charge in [0.05, 0.1) is 6.04 Å². The van der Waals surface area contributed by atoms with Crippen LogP contribution in [0.25, 0.3) is 0 Å². The zero-order valence-corrected chi connectivity index (χ0v) is 14.6. The number of hydrogen-bond acceptors (Lipinski definition) is 2. The number of nitrogens with zero attached hydrogens (tertiary/aromatic N) is 1. The Balaban J connectivity index is 2.27. The highest BCUT2D eigenvalue weighted by Crippen LogP contribution is 2.25. The molecule has 0 bridgehead atoms. The highest BCUT2D eigenvalue weighted by molar-refractivity contribution is 5.69. The van der Waals surface area contributed by atoms with Gasteiger partial charge in [0.25, 0.3) is 0 Å². The maximum Gasteiger partial charge on any atom is 0.411 e. The Bertz CT molecular complexity index is 662. The molecule has 0 saturated carbocycles. The molecule has 1 amide bonds. The van der Waals surface area contributed by atoms with E-state index in [1.807, 2.05) is 58.0 Å². The lowest BCUT2D eigenvalue weighted by Gasteiger charge is -2.32. The highest BCUT2D eigenvalue weighted by Gasteiger charge is 2.27. The lowest BCUT2D eigenvalue weighted by Crippen LogP contribution is -2.38. The Morgan fingerprint density at radius 3 is 2.21 bits per heavy atom. The minimum atomic E-state index is -0.575. The number of amides is 1. The fraction of sp³-hybridized carbons (Fsp3) is 0.350. The maximum atomic E-state index is 13.2. The van der Waals surface area contributed by atoms with Crippen LogP contribution < -0.4 is 0 Å². The van der Waals surface area contributed by atoms with Gasteiger partial charge in [0.15, 0.2) is 0 Å². The van der Waals surface area contributed by atoms with E-state index in [1.54, 1.807) is 17.0 Å². The molecule has 0 spiro atoms. The van der Waals surface area contributed by atoms with Gasteiger partial charge in [-0.05, 0) is 51.0 Å². The number of carbonyl (C=O) groups is 1. The molecule has 0 heterocycles. The average Bonchev–Trinajstić information content (AvgIpc) is 2.52. The van der Waals surface area contributed by atoms with Crippen molar-refractivity contribution in [2.45, 2.75) is 45.9 Å². The lowest BCUT2D eigenvalue weighted by atomic mass is 10.1. The van der Waals surface area contributed by atoms with Gasteiger partial charge in [-0.1, -0.05) is 42.5 Å². The molecule has 0 saturated heterocycles. The summed E-state index contributed by atoms with van der Waals surface area (Å²) in [7, 11) is 0. The monoisotopic (exact) mass is 329 g/mol. The molecule has 0 aliphatic carbocycles. The molecule has 0 radical (unpaired) electrons. The summed E-state index contributed by atoms with van der Waals surface area (Å²) in [4.78, 5) is 14.3. The van der Waals surface area contributed by atoms with Gasteiger partial charge in [-0.25, -0.2) is 9.18 Å². The molecule has 2 rings (SSSR count). The van der Waals surface area contributed by atoms with Crippen LogP contribution in [0.1, 0.15) is 44.9 Å². The van der Waals surface area contributed by atoms with Crippen LogP contribution >= 0.6 is 0 Å². The van der Waals surface area contributed by atoms with E-state index in [1.165, 1.54) is 12.1 Å². The van der Waals surface area contributed by atoms with Gasteiger partial charge in [-0.2, -0.15) is 0 Å². The molecule has 128 valence electrons. The van der Waals surface area contributed by atoms with Gasteiger partial charge in [-0.15, -0.1) is 0 Å². The van der Waals surface area contributed by atoms with Gasteiger partial charge in [-0.3, -0.25) is 4.90 Å². The lowest BCUT2D eigenvalue weighted by molar-refractivity contribution is 0.0153. The normalized spacial score (nSPS) is 12.5. The van der Waals surface area contributed by atoms with Crippen LogP contribution in [0.5, 0.6) is 0 Å². The van der Waals surface area contributed by atoms with Crippen molar-refractivity contribution in [1.82, 2.24) is 4.90 Å². The predicted molar refractivity (Wildman–Crippen MR) is 93.0 cm³/mol. The van der Waals surface area contributed by atoms with E-state index in [-0.39, 0.29) is 18.0 Å². The van der Waals surface area contributed by atoms with Crippen LogP contribution in [0, 0.1) is 5.82 Å². The third-order valence-corrected chi connectivity index (χ3v) is 3.64. The summed E-state index contributed by atoms with van der Waals surface area (Å²) >= 11 is 0. The quantitative estimate of drug-likeness (QED) is 0.759. The molecule has 0 aliphatic rings. The third kappa shape index (κ3) is 5.08. The number of halogens is 1. The topological polar surface area (TPSA) is 29.5 Å². The molecule has 4 heteroatoms. The molecule has 24 heavy (non-hydrogen) atoms. The standard InChI is InChI=1S/C20H24FNO2/c1-15(17-10-12-18(21)13-11-17)22(19(23)24-20(2,3)4)14-16-8-6-5-7-9-16/h5-13,15H,14H2,1-4H3. The predicted octanol–water partition coefficient (Wildman–Crippen LogP) is 5.32. The van der Waals surface area contributed by atoms with E-state index in [0.29, 0.717) is 6.54 Å². The van der Waals surface area contributed by atoms with Crippen LogP contribution in [-0.4, -0.2) is 16.6 Å². The van der Waals surface area contributed by atoms with Crippen molar-refractivity contribution >= 4 is 6.09 Å². The van der Waals surface area contributed by atoms with Crippen LogP contribution in [0.4, 0.5) is 9.18 Å². The minimum Gasteiger partial charge on any atom is -0.444 e. The molecule has 0 aliphatic heterocycles. The number of benzene rings is 2.